The van der Waals surface area contributed by atoms with Gasteiger partial charge < -0.3 is 49.5 Å². The SMILES string of the molecule is CCCCC(=O)CCOCC(COCCC(=O)NCCC)(COCCC(=O)NCCC)CC(=O)CCOCCOCCOCCOCCN. The molecule has 0 unspecified atom stereocenters. The van der Waals surface area contributed by atoms with Gasteiger partial charge in [-0.3, -0.25) is 19.2 Å². The Morgan fingerprint density at radius 1 is 0.490 bits per heavy atom. The molecule has 0 aliphatic heterocycles. The van der Waals surface area contributed by atoms with E-state index in [-0.39, 0.29) is 102 Å². The predicted molar refractivity (Wildman–Crippen MR) is 186 cm³/mol. The van der Waals surface area contributed by atoms with Gasteiger partial charge in [0, 0.05) is 63.6 Å². The van der Waals surface area contributed by atoms with Gasteiger partial charge in [0.2, 0.25) is 11.8 Å². The number of Topliss-reactive ketones (excluding diaryl/α,β-unsaturated/α-hetero) is 2. The average Bonchev–Trinajstić information content (AvgIpc) is 3.09. The average molecular weight is 706 g/mol. The maximum absolute atomic E-state index is 13.2. The summed E-state index contributed by atoms with van der Waals surface area (Å²) in [6.07, 6.45) is 4.86. The summed E-state index contributed by atoms with van der Waals surface area (Å²) in [6.45, 7) is 11.8. The molecule has 49 heavy (non-hydrogen) atoms. The van der Waals surface area contributed by atoms with Gasteiger partial charge in [-0.25, -0.2) is 0 Å². The summed E-state index contributed by atoms with van der Waals surface area (Å²) in [5.74, 6) is -0.154. The van der Waals surface area contributed by atoms with E-state index in [1.54, 1.807) is 0 Å². The molecule has 0 saturated carbocycles. The molecule has 0 aromatic heterocycles. The van der Waals surface area contributed by atoms with Crippen molar-refractivity contribution in [3.8, 4) is 0 Å². The molecule has 288 valence electrons. The minimum absolute atomic E-state index is 0.0672. The van der Waals surface area contributed by atoms with Gasteiger partial charge in [-0.05, 0) is 19.3 Å². The van der Waals surface area contributed by atoms with E-state index in [0.29, 0.717) is 72.3 Å². The van der Waals surface area contributed by atoms with Crippen molar-refractivity contribution in [2.45, 2.75) is 85.0 Å². The minimum atomic E-state index is -0.887. The van der Waals surface area contributed by atoms with Crippen LogP contribution in [0.1, 0.15) is 85.0 Å². The van der Waals surface area contributed by atoms with Crippen LogP contribution in [0.4, 0.5) is 0 Å². The third-order valence-electron chi connectivity index (χ3n) is 7.13. The van der Waals surface area contributed by atoms with Crippen molar-refractivity contribution in [2.75, 3.05) is 112 Å². The van der Waals surface area contributed by atoms with Crippen LogP contribution in [0.15, 0.2) is 0 Å². The number of hydrogen-bond acceptors (Lipinski definition) is 12. The molecule has 14 nitrogen and oxygen atoms in total. The molecule has 0 saturated heterocycles. The van der Waals surface area contributed by atoms with Crippen LogP contribution in [-0.2, 0) is 52.3 Å². The van der Waals surface area contributed by atoms with Crippen LogP contribution in [-0.4, -0.2) is 136 Å². The molecular weight excluding hydrogens is 638 g/mol. The van der Waals surface area contributed by atoms with Gasteiger partial charge in [0.05, 0.1) is 92.5 Å². The van der Waals surface area contributed by atoms with Gasteiger partial charge in [-0.15, -0.1) is 0 Å². The Kier molecular flexibility index (Phi) is 33.0. The molecule has 0 fully saturated rings. The first kappa shape index (κ1) is 47.0. The summed E-state index contributed by atoms with van der Waals surface area (Å²) in [6, 6.07) is 0. The molecular formula is C35H67N3O11. The van der Waals surface area contributed by atoms with Gasteiger partial charge in [0.1, 0.15) is 11.6 Å². The van der Waals surface area contributed by atoms with Crippen molar-refractivity contribution < 1.29 is 52.3 Å². The summed E-state index contributed by atoms with van der Waals surface area (Å²) < 4.78 is 39.6. The second-order valence-electron chi connectivity index (χ2n) is 12.0. The molecule has 0 radical (unpaired) electrons. The van der Waals surface area contributed by atoms with Crippen molar-refractivity contribution in [1.29, 1.82) is 0 Å². The number of carbonyl (C=O) groups is 4. The van der Waals surface area contributed by atoms with E-state index in [9.17, 15) is 19.2 Å². The highest BCUT2D eigenvalue weighted by Crippen LogP contribution is 2.26. The number of carbonyl (C=O) groups excluding carboxylic acids is 4. The molecule has 0 rings (SSSR count). The van der Waals surface area contributed by atoms with Crippen molar-refractivity contribution >= 4 is 23.4 Å². The maximum Gasteiger partial charge on any atom is 0.222 e. The fourth-order valence-corrected chi connectivity index (χ4v) is 4.40. The normalized spacial score (nSPS) is 11.5. The zero-order chi connectivity index (χ0) is 36.3. The first-order valence-corrected chi connectivity index (χ1v) is 18.1. The fourth-order valence-electron chi connectivity index (χ4n) is 4.40. The number of unbranched alkanes of at least 4 members (excludes halogenated alkanes) is 1. The van der Waals surface area contributed by atoms with Gasteiger partial charge >= 0.3 is 0 Å². The second kappa shape index (κ2) is 34.4. The monoisotopic (exact) mass is 705 g/mol. The Balaban J connectivity index is 5.09. The van der Waals surface area contributed by atoms with E-state index in [4.69, 9.17) is 38.9 Å². The lowest BCUT2D eigenvalue weighted by molar-refractivity contribution is -0.133. The molecule has 0 aromatic carbocycles. The van der Waals surface area contributed by atoms with Crippen molar-refractivity contribution in [2.24, 2.45) is 11.1 Å². The molecule has 0 bridgehead atoms. The number of nitrogens with one attached hydrogen (secondary N) is 2. The van der Waals surface area contributed by atoms with Crippen LogP contribution >= 0.6 is 0 Å². The van der Waals surface area contributed by atoms with Crippen molar-refractivity contribution in [3.63, 3.8) is 0 Å². The van der Waals surface area contributed by atoms with E-state index in [1.165, 1.54) is 0 Å². The maximum atomic E-state index is 13.2. The van der Waals surface area contributed by atoms with E-state index in [1.807, 2.05) is 20.8 Å². The smallest absolute Gasteiger partial charge is 0.222 e. The molecule has 0 atom stereocenters. The third kappa shape index (κ3) is 30.5. The number of rotatable bonds is 38. The number of amides is 2. The van der Waals surface area contributed by atoms with Gasteiger partial charge in [0.15, 0.2) is 0 Å². The molecule has 0 aliphatic rings. The summed E-state index contributed by atoms with van der Waals surface area (Å²) in [4.78, 5) is 49.7. The molecule has 0 aromatic rings. The first-order chi connectivity index (χ1) is 23.8. The molecule has 0 aliphatic carbocycles. The predicted octanol–water partition coefficient (Wildman–Crippen LogP) is 2.38. The Labute approximate surface area is 294 Å². The van der Waals surface area contributed by atoms with Gasteiger partial charge in [-0.2, -0.15) is 0 Å². The standard InChI is InChI=1S/C35H67N3O11/c1-4-7-8-31(39)9-17-47-28-35(29-48-18-11-33(41)37-14-5-2,30-49-19-12-34(42)38-15-6-3)27-32(40)10-16-43-21-23-45-25-26-46-24-22-44-20-13-36/h4-30,36H2,1-3H3,(H,37,41)(H,38,42). The third-order valence-corrected chi connectivity index (χ3v) is 7.13. The highest BCUT2D eigenvalue weighted by molar-refractivity contribution is 5.79. The van der Waals surface area contributed by atoms with Gasteiger partial charge in [0.25, 0.3) is 0 Å². The summed E-state index contributed by atoms with van der Waals surface area (Å²) >= 11 is 0. The van der Waals surface area contributed by atoms with Crippen LogP contribution < -0.4 is 16.4 Å². The lowest BCUT2D eigenvalue weighted by Crippen LogP contribution is -2.40. The van der Waals surface area contributed by atoms with Crippen LogP contribution in [0.5, 0.6) is 0 Å². The van der Waals surface area contributed by atoms with Crippen LogP contribution in [0.2, 0.25) is 0 Å². The minimum Gasteiger partial charge on any atom is -0.380 e. The zero-order valence-electron chi connectivity index (χ0n) is 30.7. The van der Waals surface area contributed by atoms with E-state index in [2.05, 4.69) is 10.6 Å². The molecule has 14 heteroatoms. The molecule has 0 spiro atoms. The molecule has 2 amide bonds. The Morgan fingerprint density at radius 3 is 1.35 bits per heavy atom. The highest BCUT2D eigenvalue weighted by Gasteiger charge is 2.34. The Bertz CT molecular complexity index is 763. The lowest BCUT2D eigenvalue weighted by atomic mass is 9.84. The fraction of sp³-hybridized carbons (Fsp3) is 0.886. The van der Waals surface area contributed by atoms with E-state index >= 15 is 0 Å². The number of nitrogens with two attached hydrogens (primary N) is 1. The van der Waals surface area contributed by atoms with Gasteiger partial charge in [-0.1, -0.05) is 27.2 Å². The number of ether oxygens (including phenoxy) is 7. The Hall–Kier alpha value is -2.04. The molecule has 4 N–H and O–H groups in total. The van der Waals surface area contributed by atoms with E-state index < -0.39 is 5.41 Å². The number of hydrogen-bond donors (Lipinski definition) is 3. The quantitative estimate of drug-likeness (QED) is 0.0799. The van der Waals surface area contributed by atoms with Crippen molar-refractivity contribution in [3.05, 3.63) is 0 Å². The largest absolute Gasteiger partial charge is 0.380 e. The molecule has 0 heterocycles. The van der Waals surface area contributed by atoms with Crippen LogP contribution in [0.3, 0.4) is 0 Å². The van der Waals surface area contributed by atoms with E-state index in [0.717, 1.165) is 25.7 Å². The second-order valence-corrected chi connectivity index (χ2v) is 12.0. The highest BCUT2D eigenvalue weighted by atomic mass is 16.6. The van der Waals surface area contributed by atoms with Crippen LogP contribution in [0, 0.1) is 5.41 Å². The summed E-state index contributed by atoms with van der Waals surface area (Å²) in [5, 5.41) is 5.65. The summed E-state index contributed by atoms with van der Waals surface area (Å²) in [5.41, 5.74) is 4.48. The topological polar surface area (TPSA) is 183 Å². The number of ketones is 2. The first-order valence-electron chi connectivity index (χ1n) is 18.1. The lowest BCUT2D eigenvalue weighted by Gasteiger charge is -2.33. The summed E-state index contributed by atoms with van der Waals surface area (Å²) in [7, 11) is 0. The Morgan fingerprint density at radius 2 is 0.898 bits per heavy atom. The van der Waals surface area contributed by atoms with Crippen LogP contribution in [0.25, 0.3) is 0 Å². The van der Waals surface area contributed by atoms with Crippen molar-refractivity contribution in [1.82, 2.24) is 10.6 Å². The zero-order valence-corrected chi connectivity index (χ0v) is 30.7.